The van der Waals surface area contributed by atoms with Gasteiger partial charge in [-0.25, -0.2) is 13.4 Å². The highest BCUT2D eigenvalue weighted by molar-refractivity contribution is 7.89. The van der Waals surface area contributed by atoms with E-state index in [0.717, 1.165) is 45.5 Å². The van der Waals surface area contributed by atoms with Crippen LogP contribution in [0.15, 0.2) is 29.4 Å². The summed E-state index contributed by atoms with van der Waals surface area (Å²) in [6.07, 6.45) is 4.31. The van der Waals surface area contributed by atoms with Gasteiger partial charge in [-0.05, 0) is 62.4 Å². The van der Waals surface area contributed by atoms with Crippen molar-refractivity contribution >= 4 is 21.1 Å². The van der Waals surface area contributed by atoms with Crippen LogP contribution in [0, 0.1) is 27.7 Å². The SMILES string of the molecule is Cc1cc(C)c(C)c(S(=O)(=O)N2CC[C@H](c3nc4ccncc4n3C)C2)c1C. The van der Waals surface area contributed by atoms with Crippen molar-refractivity contribution in [3.8, 4) is 0 Å². The van der Waals surface area contributed by atoms with Crippen LogP contribution in [0.3, 0.4) is 0 Å². The molecule has 0 saturated carbocycles. The number of aryl methyl sites for hydroxylation is 3. The molecule has 1 aliphatic rings. The first kappa shape index (κ1) is 19.1. The maximum Gasteiger partial charge on any atom is 0.243 e. The molecule has 28 heavy (non-hydrogen) atoms. The summed E-state index contributed by atoms with van der Waals surface area (Å²) in [5, 5.41) is 0. The van der Waals surface area contributed by atoms with Crippen molar-refractivity contribution in [3.05, 3.63) is 52.6 Å². The highest BCUT2D eigenvalue weighted by Gasteiger charge is 2.37. The zero-order chi connectivity index (χ0) is 20.2. The number of aromatic nitrogens is 3. The molecule has 0 bridgehead atoms. The second-order valence-electron chi connectivity index (χ2n) is 7.83. The summed E-state index contributed by atoms with van der Waals surface area (Å²) in [7, 11) is -1.57. The van der Waals surface area contributed by atoms with Crippen molar-refractivity contribution in [3.63, 3.8) is 0 Å². The molecule has 0 N–H and O–H groups in total. The lowest BCUT2D eigenvalue weighted by molar-refractivity contribution is 0.469. The minimum Gasteiger partial charge on any atom is -0.330 e. The summed E-state index contributed by atoms with van der Waals surface area (Å²) >= 11 is 0. The molecule has 7 heteroatoms. The van der Waals surface area contributed by atoms with Gasteiger partial charge in [0.1, 0.15) is 5.82 Å². The zero-order valence-electron chi connectivity index (χ0n) is 17.0. The van der Waals surface area contributed by atoms with Gasteiger partial charge in [0.2, 0.25) is 10.0 Å². The average molecular weight is 399 g/mol. The number of rotatable bonds is 3. The average Bonchev–Trinajstić information content (AvgIpc) is 3.26. The summed E-state index contributed by atoms with van der Waals surface area (Å²) in [6.45, 7) is 8.72. The molecule has 1 saturated heterocycles. The van der Waals surface area contributed by atoms with E-state index in [-0.39, 0.29) is 5.92 Å². The first-order valence-corrected chi connectivity index (χ1v) is 11.0. The maximum atomic E-state index is 13.5. The molecular weight excluding hydrogens is 372 g/mol. The van der Waals surface area contributed by atoms with Gasteiger partial charge in [-0.2, -0.15) is 4.31 Å². The fraction of sp³-hybridized carbons (Fsp3) is 0.429. The fourth-order valence-electron chi connectivity index (χ4n) is 4.27. The molecule has 1 fully saturated rings. The van der Waals surface area contributed by atoms with Gasteiger partial charge in [0.05, 0.1) is 22.1 Å². The van der Waals surface area contributed by atoms with Crippen molar-refractivity contribution in [2.45, 2.75) is 44.9 Å². The second kappa shape index (κ2) is 6.67. The molecule has 0 radical (unpaired) electrons. The molecule has 1 aliphatic heterocycles. The minimum absolute atomic E-state index is 0.0821. The number of hydrogen-bond donors (Lipinski definition) is 0. The number of sulfonamides is 1. The van der Waals surface area contributed by atoms with Crippen LogP contribution in [-0.4, -0.2) is 40.3 Å². The Labute approximate surface area is 166 Å². The molecule has 6 nitrogen and oxygen atoms in total. The summed E-state index contributed by atoms with van der Waals surface area (Å²) < 4.78 is 30.7. The first-order chi connectivity index (χ1) is 13.2. The van der Waals surface area contributed by atoms with Gasteiger partial charge >= 0.3 is 0 Å². The van der Waals surface area contributed by atoms with E-state index in [1.807, 2.05) is 45.4 Å². The van der Waals surface area contributed by atoms with Crippen LogP contribution in [0.25, 0.3) is 11.0 Å². The Bertz CT molecular complexity index is 1150. The van der Waals surface area contributed by atoms with E-state index >= 15 is 0 Å². The lowest BCUT2D eigenvalue weighted by Gasteiger charge is -2.22. The number of hydrogen-bond acceptors (Lipinski definition) is 4. The second-order valence-corrected chi connectivity index (χ2v) is 9.71. The first-order valence-electron chi connectivity index (χ1n) is 9.55. The molecule has 4 rings (SSSR count). The van der Waals surface area contributed by atoms with Crippen LogP contribution in [0.1, 0.15) is 40.4 Å². The topological polar surface area (TPSA) is 68.1 Å². The van der Waals surface area contributed by atoms with E-state index in [1.54, 1.807) is 16.7 Å². The molecule has 3 aromatic rings. The Balaban J connectivity index is 1.70. The molecule has 3 heterocycles. The maximum absolute atomic E-state index is 13.5. The lowest BCUT2D eigenvalue weighted by atomic mass is 10.0. The van der Waals surface area contributed by atoms with E-state index in [1.165, 1.54) is 0 Å². The third kappa shape index (κ3) is 2.84. The van der Waals surface area contributed by atoms with Crippen molar-refractivity contribution in [2.75, 3.05) is 13.1 Å². The Morgan fingerprint density at radius 1 is 1.11 bits per heavy atom. The number of benzene rings is 1. The Morgan fingerprint density at radius 3 is 2.43 bits per heavy atom. The van der Waals surface area contributed by atoms with E-state index in [2.05, 4.69) is 11.1 Å². The largest absolute Gasteiger partial charge is 0.330 e. The quantitative estimate of drug-likeness (QED) is 0.678. The van der Waals surface area contributed by atoms with Crippen LogP contribution in [0.2, 0.25) is 0 Å². The van der Waals surface area contributed by atoms with Crippen LogP contribution >= 0.6 is 0 Å². The lowest BCUT2D eigenvalue weighted by Crippen LogP contribution is -2.30. The fourth-order valence-corrected chi connectivity index (χ4v) is 6.35. The molecule has 1 aromatic carbocycles. The summed E-state index contributed by atoms with van der Waals surface area (Å²) in [5.41, 5.74) is 5.59. The predicted molar refractivity (Wildman–Crippen MR) is 110 cm³/mol. The standard InChI is InChI=1S/C21H26N4O2S/c1-13-10-14(2)16(4)20(15(13)3)28(26,27)25-9-7-17(12-25)21-23-18-6-8-22-11-19(18)24(21)5/h6,8,10-11,17H,7,9,12H2,1-5H3/t17-/m0/s1. The van der Waals surface area contributed by atoms with Crippen LogP contribution in [0.5, 0.6) is 0 Å². The van der Waals surface area contributed by atoms with E-state index in [9.17, 15) is 8.42 Å². The van der Waals surface area contributed by atoms with Gasteiger partial charge in [0.15, 0.2) is 0 Å². The van der Waals surface area contributed by atoms with Crippen LogP contribution < -0.4 is 0 Å². The summed E-state index contributed by atoms with van der Waals surface area (Å²) in [5.74, 6) is 1.01. The summed E-state index contributed by atoms with van der Waals surface area (Å²) in [4.78, 5) is 9.40. The van der Waals surface area contributed by atoms with Crippen molar-refractivity contribution in [1.29, 1.82) is 0 Å². The molecule has 0 spiro atoms. The van der Waals surface area contributed by atoms with Crippen molar-refractivity contribution in [2.24, 2.45) is 7.05 Å². The van der Waals surface area contributed by atoms with Crippen LogP contribution in [-0.2, 0) is 17.1 Å². The molecule has 1 atom stereocenters. The molecule has 0 amide bonds. The normalized spacial score (nSPS) is 18.2. The molecule has 0 aliphatic carbocycles. The Morgan fingerprint density at radius 2 is 1.79 bits per heavy atom. The van der Waals surface area contributed by atoms with Gasteiger partial charge in [0.25, 0.3) is 0 Å². The number of fused-ring (bicyclic) bond motifs is 1. The summed E-state index contributed by atoms with van der Waals surface area (Å²) in [6, 6.07) is 3.95. The van der Waals surface area contributed by atoms with Gasteiger partial charge in [-0.3, -0.25) is 4.98 Å². The molecule has 0 unspecified atom stereocenters. The number of pyridine rings is 1. The zero-order valence-corrected chi connectivity index (χ0v) is 17.8. The smallest absolute Gasteiger partial charge is 0.243 e. The molecule has 148 valence electrons. The Hall–Kier alpha value is -2.25. The predicted octanol–water partition coefficient (Wildman–Crippen LogP) is 3.38. The van der Waals surface area contributed by atoms with E-state index in [0.29, 0.717) is 18.0 Å². The van der Waals surface area contributed by atoms with Gasteiger partial charge in [-0.1, -0.05) is 6.07 Å². The molecule has 2 aromatic heterocycles. The van der Waals surface area contributed by atoms with Gasteiger partial charge in [0, 0.05) is 32.3 Å². The third-order valence-electron chi connectivity index (χ3n) is 6.13. The van der Waals surface area contributed by atoms with E-state index < -0.39 is 10.0 Å². The van der Waals surface area contributed by atoms with Crippen LogP contribution in [0.4, 0.5) is 0 Å². The highest BCUT2D eigenvalue weighted by Crippen LogP contribution is 2.35. The van der Waals surface area contributed by atoms with Crippen molar-refractivity contribution < 1.29 is 8.42 Å². The number of imidazole rings is 1. The Kier molecular flexibility index (Phi) is 4.55. The molecular formula is C21H26N4O2S. The van der Waals surface area contributed by atoms with Gasteiger partial charge < -0.3 is 4.57 Å². The minimum atomic E-state index is -3.54. The van der Waals surface area contributed by atoms with Gasteiger partial charge in [-0.15, -0.1) is 0 Å². The van der Waals surface area contributed by atoms with E-state index in [4.69, 9.17) is 4.98 Å². The van der Waals surface area contributed by atoms with Crippen molar-refractivity contribution in [1.82, 2.24) is 18.8 Å². The number of nitrogens with zero attached hydrogens (tertiary/aromatic N) is 4. The highest BCUT2D eigenvalue weighted by atomic mass is 32.2. The monoisotopic (exact) mass is 398 g/mol. The third-order valence-corrected chi connectivity index (χ3v) is 8.27.